The van der Waals surface area contributed by atoms with Crippen LogP contribution in [0.2, 0.25) is 0 Å². The quantitative estimate of drug-likeness (QED) is 0.794. The van der Waals surface area contributed by atoms with Crippen molar-refractivity contribution in [3.8, 4) is 5.75 Å². The van der Waals surface area contributed by atoms with Crippen LogP contribution in [-0.2, 0) is 4.79 Å². The van der Waals surface area contributed by atoms with Gasteiger partial charge in [-0.2, -0.15) is 0 Å². The number of aromatic carboxylic acids is 1. The first-order valence-electron chi connectivity index (χ1n) is 4.77. The fourth-order valence-electron chi connectivity index (χ4n) is 1.18. The second kappa shape index (κ2) is 5.16. The fourth-order valence-corrected chi connectivity index (χ4v) is 1.18. The summed E-state index contributed by atoms with van der Waals surface area (Å²) >= 11 is 0. The van der Waals surface area contributed by atoms with Gasteiger partial charge < -0.3 is 14.9 Å². The maximum Gasteiger partial charge on any atom is 0.344 e. The average molecular weight is 224 g/mol. The summed E-state index contributed by atoms with van der Waals surface area (Å²) in [5, 5.41) is 17.5. The molecule has 1 rings (SSSR count). The molecule has 0 aliphatic rings. The zero-order valence-corrected chi connectivity index (χ0v) is 8.71. The molecular weight excluding hydrogens is 212 g/mol. The molecule has 0 heterocycles. The Bertz CT molecular complexity index is 399. The van der Waals surface area contributed by atoms with Crippen molar-refractivity contribution in [2.24, 2.45) is 0 Å². The zero-order valence-electron chi connectivity index (χ0n) is 8.71. The molecular formula is C11H12O5. The molecule has 0 unspecified atom stereocenters. The topological polar surface area (TPSA) is 83.8 Å². The molecule has 1 aromatic rings. The molecule has 0 fully saturated rings. The number of carboxylic acid groups (broad SMARTS) is 2. The number of hydrogen-bond acceptors (Lipinski definition) is 3. The van der Waals surface area contributed by atoms with E-state index >= 15 is 0 Å². The second-order valence-electron chi connectivity index (χ2n) is 3.19. The van der Waals surface area contributed by atoms with Crippen LogP contribution in [0.5, 0.6) is 5.75 Å². The molecule has 0 bridgehead atoms. The Morgan fingerprint density at radius 2 is 2.06 bits per heavy atom. The van der Waals surface area contributed by atoms with E-state index in [1.165, 1.54) is 24.3 Å². The summed E-state index contributed by atoms with van der Waals surface area (Å²) in [5.41, 5.74) is 0.0674. The van der Waals surface area contributed by atoms with Crippen LogP contribution in [-0.4, -0.2) is 28.3 Å². The third-order valence-electron chi connectivity index (χ3n) is 2.01. The first-order valence-corrected chi connectivity index (χ1v) is 4.77. The molecule has 0 aliphatic carbocycles. The van der Waals surface area contributed by atoms with Gasteiger partial charge in [0.05, 0.1) is 5.56 Å². The molecule has 0 amide bonds. The molecule has 0 saturated heterocycles. The highest BCUT2D eigenvalue weighted by atomic mass is 16.5. The van der Waals surface area contributed by atoms with Gasteiger partial charge in [0.1, 0.15) is 5.75 Å². The van der Waals surface area contributed by atoms with Crippen molar-refractivity contribution in [3.63, 3.8) is 0 Å². The number of hydrogen-bond donors (Lipinski definition) is 2. The van der Waals surface area contributed by atoms with Gasteiger partial charge in [-0.25, -0.2) is 9.59 Å². The van der Waals surface area contributed by atoms with Gasteiger partial charge in [-0.1, -0.05) is 13.0 Å². The van der Waals surface area contributed by atoms with Gasteiger partial charge in [0, 0.05) is 0 Å². The standard InChI is InChI=1S/C11H12O5/c1-2-9(11(14)15)16-8-5-3-4-7(6-8)10(12)13/h3-6,9H,2H2,1H3,(H,12,13)(H,14,15)/t9-/m1/s1. The van der Waals surface area contributed by atoms with Gasteiger partial charge in [0.25, 0.3) is 0 Å². The summed E-state index contributed by atoms with van der Waals surface area (Å²) in [6, 6.07) is 5.75. The van der Waals surface area contributed by atoms with E-state index in [2.05, 4.69) is 0 Å². The molecule has 0 radical (unpaired) electrons. The number of ether oxygens (including phenoxy) is 1. The predicted octanol–water partition coefficient (Wildman–Crippen LogP) is 1.63. The largest absolute Gasteiger partial charge is 0.479 e. The van der Waals surface area contributed by atoms with Crippen molar-refractivity contribution in [2.45, 2.75) is 19.4 Å². The molecule has 86 valence electrons. The Hall–Kier alpha value is -2.04. The minimum absolute atomic E-state index is 0.0674. The van der Waals surface area contributed by atoms with Gasteiger partial charge >= 0.3 is 11.9 Å². The van der Waals surface area contributed by atoms with Gasteiger partial charge in [-0.3, -0.25) is 0 Å². The number of aliphatic carboxylic acids is 1. The molecule has 5 nitrogen and oxygen atoms in total. The highest BCUT2D eigenvalue weighted by Gasteiger charge is 2.17. The third kappa shape index (κ3) is 2.98. The van der Waals surface area contributed by atoms with E-state index in [0.717, 1.165) is 0 Å². The highest BCUT2D eigenvalue weighted by Crippen LogP contribution is 2.16. The van der Waals surface area contributed by atoms with Crippen molar-refractivity contribution < 1.29 is 24.5 Å². The number of carbonyl (C=O) groups is 2. The molecule has 16 heavy (non-hydrogen) atoms. The number of benzene rings is 1. The summed E-state index contributed by atoms with van der Waals surface area (Å²) in [6.07, 6.45) is -0.642. The molecule has 0 aliphatic heterocycles. The smallest absolute Gasteiger partial charge is 0.344 e. The molecule has 2 N–H and O–H groups in total. The van der Waals surface area contributed by atoms with E-state index in [1.54, 1.807) is 6.92 Å². The number of rotatable bonds is 5. The summed E-state index contributed by atoms with van der Waals surface area (Å²) in [6.45, 7) is 1.68. The van der Waals surface area contributed by atoms with E-state index in [0.29, 0.717) is 6.42 Å². The lowest BCUT2D eigenvalue weighted by molar-refractivity contribution is -0.145. The molecule has 0 spiro atoms. The molecule has 0 aromatic heterocycles. The average Bonchev–Trinajstić information content (AvgIpc) is 2.25. The van der Waals surface area contributed by atoms with Crippen molar-refractivity contribution in [1.82, 2.24) is 0 Å². The van der Waals surface area contributed by atoms with Crippen LogP contribution in [0.3, 0.4) is 0 Å². The van der Waals surface area contributed by atoms with Crippen LogP contribution < -0.4 is 4.74 Å². The lowest BCUT2D eigenvalue weighted by Gasteiger charge is -2.13. The minimum atomic E-state index is -1.08. The Balaban J connectivity index is 2.84. The molecule has 1 aromatic carbocycles. The Morgan fingerprint density at radius 3 is 2.56 bits per heavy atom. The lowest BCUT2D eigenvalue weighted by Crippen LogP contribution is -2.25. The summed E-state index contributed by atoms with van der Waals surface area (Å²) in [7, 11) is 0. The predicted molar refractivity (Wildman–Crippen MR) is 55.7 cm³/mol. The maximum absolute atomic E-state index is 10.7. The number of carboxylic acids is 2. The highest BCUT2D eigenvalue weighted by molar-refractivity contribution is 5.88. The SMILES string of the molecule is CC[C@@H](Oc1cccc(C(=O)O)c1)C(=O)O. The van der Waals surface area contributed by atoms with Gasteiger partial charge in [0.2, 0.25) is 0 Å². The van der Waals surface area contributed by atoms with E-state index in [-0.39, 0.29) is 11.3 Å². The first-order chi connectivity index (χ1) is 7.54. The van der Waals surface area contributed by atoms with Crippen LogP contribution in [0.4, 0.5) is 0 Å². The minimum Gasteiger partial charge on any atom is -0.479 e. The van der Waals surface area contributed by atoms with Crippen LogP contribution in [0.25, 0.3) is 0 Å². The summed E-state index contributed by atoms with van der Waals surface area (Å²) in [4.78, 5) is 21.4. The van der Waals surface area contributed by atoms with Crippen LogP contribution in [0, 0.1) is 0 Å². The van der Waals surface area contributed by atoms with Crippen LogP contribution in [0.1, 0.15) is 23.7 Å². The summed E-state index contributed by atoms with van der Waals surface area (Å²) < 4.78 is 5.15. The third-order valence-corrected chi connectivity index (χ3v) is 2.01. The van der Waals surface area contributed by atoms with E-state index in [4.69, 9.17) is 14.9 Å². The lowest BCUT2D eigenvalue weighted by atomic mass is 10.2. The van der Waals surface area contributed by atoms with Gasteiger partial charge in [0.15, 0.2) is 6.10 Å². The maximum atomic E-state index is 10.7. The Labute approximate surface area is 92.3 Å². The van der Waals surface area contributed by atoms with Crippen molar-refractivity contribution in [3.05, 3.63) is 29.8 Å². The van der Waals surface area contributed by atoms with Crippen molar-refractivity contribution in [1.29, 1.82) is 0 Å². The van der Waals surface area contributed by atoms with E-state index in [1.807, 2.05) is 0 Å². The van der Waals surface area contributed by atoms with E-state index in [9.17, 15) is 9.59 Å². The van der Waals surface area contributed by atoms with Crippen molar-refractivity contribution >= 4 is 11.9 Å². The normalized spacial score (nSPS) is 11.8. The Morgan fingerprint density at radius 1 is 1.38 bits per heavy atom. The summed E-state index contributed by atoms with van der Waals surface area (Å²) in [5.74, 6) is -1.90. The van der Waals surface area contributed by atoms with Crippen LogP contribution >= 0.6 is 0 Å². The fraction of sp³-hybridized carbons (Fsp3) is 0.273. The molecule has 1 atom stereocenters. The Kier molecular flexibility index (Phi) is 3.88. The first kappa shape index (κ1) is 12.0. The monoisotopic (exact) mass is 224 g/mol. The molecule has 0 saturated carbocycles. The van der Waals surface area contributed by atoms with E-state index < -0.39 is 18.0 Å². The van der Waals surface area contributed by atoms with Crippen LogP contribution in [0.15, 0.2) is 24.3 Å². The molecule has 5 heteroatoms. The van der Waals surface area contributed by atoms with Gasteiger partial charge in [-0.15, -0.1) is 0 Å². The van der Waals surface area contributed by atoms with Crippen molar-refractivity contribution in [2.75, 3.05) is 0 Å². The second-order valence-corrected chi connectivity index (χ2v) is 3.19. The zero-order chi connectivity index (χ0) is 12.1. The van der Waals surface area contributed by atoms with Gasteiger partial charge in [-0.05, 0) is 24.6 Å².